The van der Waals surface area contributed by atoms with Gasteiger partial charge in [-0.3, -0.25) is 9.59 Å². The monoisotopic (exact) mass is 822 g/mol. The van der Waals surface area contributed by atoms with Crippen LogP contribution in [0.2, 0.25) is 0 Å². The lowest BCUT2D eigenvalue weighted by atomic mass is 9.98. The van der Waals surface area contributed by atoms with Gasteiger partial charge in [0.05, 0.1) is 50.1 Å². The number of amides is 4. The maximum Gasteiger partial charge on any atom is 0.407 e. The predicted molar refractivity (Wildman–Crippen MR) is 231 cm³/mol. The molecule has 4 amide bonds. The van der Waals surface area contributed by atoms with E-state index in [-0.39, 0.29) is 29.8 Å². The third-order valence-corrected chi connectivity index (χ3v) is 11.8. The molecule has 14 nitrogen and oxygen atoms in total. The van der Waals surface area contributed by atoms with Gasteiger partial charge in [-0.25, -0.2) is 19.6 Å². The molecule has 2 aliphatic heterocycles. The molecule has 0 saturated carbocycles. The molecule has 3 unspecified atom stereocenters. The van der Waals surface area contributed by atoms with Gasteiger partial charge in [-0.1, -0.05) is 92.7 Å². The Labute approximate surface area is 354 Å². The van der Waals surface area contributed by atoms with Crippen molar-refractivity contribution in [2.24, 2.45) is 5.92 Å². The van der Waals surface area contributed by atoms with Gasteiger partial charge in [0.2, 0.25) is 5.91 Å². The molecule has 2 fully saturated rings. The number of likely N-dealkylation sites (tertiary alicyclic amines) is 2. The summed E-state index contributed by atoms with van der Waals surface area (Å²) < 4.78 is 9.60. The topological polar surface area (TPSA) is 175 Å². The number of hydrogen-bond donors (Lipinski definition) is 4. The molecule has 314 valence electrons. The number of rotatable bonds is 11. The van der Waals surface area contributed by atoms with Crippen molar-refractivity contribution in [3.05, 3.63) is 121 Å². The van der Waals surface area contributed by atoms with Crippen molar-refractivity contribution in [2.75, 3.05) is 27.3 Å². The van der Waals surface area contributed by atoms with E-state index in [1.807, 2.05) is 61.5 Å². The molecule has 0 bridgehead atoms. The van der Waals surface area contributed by atoms with Crippen molar-refractivity contribution in [1.29, 1.82) is 0 Å². The van der Waals surface area contributed by atoms with Crippen LogP contribution in [0.5, 0.6) is 0 Å². The predicted octanol–water partition coefficient (Wildman–Crippen LogP) is 8.09. The van der Waals surface area contributed by atoms with Crippen molar-refractivity contribution < 1.29 is 28.7 Å². The minimum Gasteiger partial charge on any atom is -0.453 e. The Bertz CT molecular complexity index is 2530. The molecule has 61 heavy (non-hydrogen) atoms. The molecule has 0 spiro atoms. The summed E-state index contributed by atoms with van der Waals surface area (Å²) >= 11 is 0. The zero-order valence-electron chi connectivity index (χ0n) is 34.7. The zero-order chi connectivity index (χ0) is 42.6. The number of imidazole rings is 2. The van der Waals surface area contributed by atoms with Crippen LogP contribution in [0.15, 0.2) is 103 Å². The van der Waals surface area contributed by atoms with Gasteiger partial charge < -0.3 is 39.9 Å². The number of carbonyl (C=O) groups is 4. The normalized spacial score (nSPS) is 17.3. The number of aromatic amines is 2. The van der Waals surface area contributed by atoms with E-state index in [2.05, 4.69) is 81.3 Å². The Morgan fingerprint density at radius 1 is 0.639 bits per heavy atom. The molecule has 2 saturated heterocycles. The third-order valence-electron chi connectivity index (χ3n) is 11.8. The summed E-state index contributed by atoms with van der Waals surface area (Å²) in [7, 11) is 2.57. The number of hydrogen-bond acceptors (Lipinski definition) is 8. The maximum absolute atomic E-state index is 13.9. The summed E-state index contributed by atoms with van der Waals surface area (Å²) in [5.41, 5.74) is 6.52. The molecule has 14 heteroatoms. The zero-order valence-corrected chi connectivity index (χ0v) is 34.7. The summed E-state index contributed by atoms with van der Waals surface area (Å²) in [6.45, 7) is 4.95. The molecular formula is C47H50N8O6. The van der Waals surface area contributed by atoms with Gasteiger partial charge in [-0.2, -0.15) is 0 Å². The van der Waals surface area contributed by atoms with Crippen LogP contribution >= 0.6 is 0 Å². The van der Waals surface area contributed by atoms with Gasteiger partial charge in [0.1, 0.15) is 23.7 Å². The number of ether oxygens (including phenoxy) is 2. The summed E-state index contributed by atoms with van der Waals surface area (Å²) in [5, 5.41) is 7.60. The second kappa shape index (κ2) is 17.7. The van der Waals surface area contributed by atoms with Crippen molar-refractivity contribution >= 4 is 34.8 Å². The standard InChI is InChI=1S/C47H50N8O6/c1-28(2)40(52-46(58)60-3)44(56)54-22-8-12-38(54)42-48-26-36(50-42)30-16-14-29(15-17-30)32-18-19-34-25-35(21-20-33(34)24-32)37-27-49-43(51-37)39-13-9-23-55(39)45(57)41(53-47(59)61-4)31-10-6-5-7-11-31/h5-7,10-11,14-21,24-28,38-41H,8-9,12-13,22-23H2,1-4H3,(H,48,50)(H,49,51)(H,52,58)(H,53,59)/t38?,39-,40?,41?/m0/s1. The van der Waals surface area contributed by atoms with Crippen molar-refractivity contribution in [3.8, 4) is 33.6 Å². The fourth-order valence-electron chi connectivity index (χ4n) is 8.52. The van der Waals surface area contributed by atoms with Crippen LogP contribution < -0.4 is 10.6 Å². The first-order chi connectivity index (χ1) is 29.6. The first-order valence-electron chi connectivity index (χ1n) is 20.7. The molecule has 4 N–H and O–H groups in total. The molecule has 4 heterocycles. The highest BCUT2D eigenvalue weighted by Gasteiger charge is 2.39. The second-order valence-electron chi connectivity index (χ2n) is 15.9. The van der Waals surface area contributed by atoms with Gasteiger partial charge in [-0.05, 0) is 76.8 Å². The number of H-pyrrole nitrogens is 2. The van der Waals surface area contributed by atoms with Gasteiger partial charge in [0.15, 0.2) is 0 Å². The number of nitrogens with one attached hydrogen (secondary N) is 4. The molecule has 0 aliphatic carbocycles. The summed E-state index contributed by atoms with van der Waals surface area (Å²) in [6, 6.07) is 28.2. The molecule has 2 aromatic heterocycles. The highest BCUT2D eigenvalue weighted by molar-refractivity contribution is 5.91. The second-order valence-corrected chi connectivity index (χ2v) is 15.9. The fraction of sp³-hybridized carbons (Fsp3) is 0.319. The van der Waals surface area contributed by atoms with E-state index in [9.17, 15) is 19.2 Å². The maximum atomic E-state index is 13.9. The van der Waals surface area contributed by atoms with Crippen molar-refractivity contribution in [2.45, 2.75) is 63.7 Å². The van der Waals surface area contributed by atoms with Gasteiger partial charge in [0.25, 0.3) is 5.91 Å². The van der Waals surface area contributed by atoms with Crippen LogP contribution in [0.1, 0.15) is 74.9 Å². The van der Waals surface area contributed by atoms with E-state index in [0.717, 1.165) is 75.9 Å². The Kier molecular flexibility index (Phi) is 11.9. The Morgan fingerprint density at radius 3 is 1.74 bits per heavy atom. The lowest BCUT2D eigenvalue weighted by Gasteiger charge is -2.30. The highest BCUT2D eigenvalue weighted by atomic mass is 16.5. The van der Waals surface area contributed by atoms with Crippen LogP contribution in [0, 0.1) is 5.92 Å². The third kappa shape index (κ3) is 8.56. The largest absolute Gasteiger partial charge is 0.453 e. The van der Waals surface area contributed by atoms with Crippen molar-refractivity contribution in [3.63, 3.8) is 0 Å². The van der Waals surface area contributed by atoms with E-state index < -0.39 is 24.3 Å². The summed E-state index contributed by atoms with van der Waals surface area (Å²) in [5.74, 6) is 0.973. The van der Waals surface area contributed by atoms with Crippen molar-refractivity contribution in [1.82, 2.24) is 40.4 Å². The van der Waals surface area contributed by atoms with E-state index >= 15 is 0 Å². The Hall–Kier alpha value is -6.96. The average molecular weight is 823 g/mol. The van der Waals surface area contributed by atoms with E-state index in [4.69, 9.17) is 19.4 Å². The first-order valence-corrected chi connectivity index (χ1v) is 20.7. The smallest absolute Gasteiger partial charge is 0.407 e. The molecule has 8 rings (SSSR count). The van der Waals surface area contributed by atoms with E-state index in [0.29, 0.717) is 24.5 Å². The van der Waals surface area contributed by atoms with Crippen LogP contribution in [0.3, 0.4) is 0 Å². The lowest BCUT2D eigenvalue weighted by molar-refractivity contribution is -0.135. The van der Waals surface area contributed by atoms with Crippen LogP contribution in [-0.2, 0) is 19.1 Å². The molecule has 6 aromatic rings. The average Bonchev–Trinajstić information content (AvgIpc) is 4.14. The van der Waals surface area contributed by atoms with Gasteiger partial charge >= 0.3 is 12.2 Å². The molecular weight excluding hydrogens is 773 g/mol. The summed E-state index contributed by atoms with van der Waals surface area (Å²) in [6.07, 6.45) is 5.53. The number of aromatic nitrogens is 4. The molecule has 2 aliphatic rings. The van der Waals surface area contributed by atoms with Crippen LogP contribution in [-0.4, -0.2) is 87.1 Å². The number of fused-ring (bicyclic) bond motifs is 1. The molecule has 0 radical (unpaired) electrons. The quantitative estimate of drug-likeness (QED) is 0.101. The summed E-state index contributed by atoms with van der Waals surface area (Å²) in [4.78, 5) is 71.7. The number of methoxy groups -OCH3 is 2. The SMILES string of the molecule is COC(=O)NC(C(=O)N1CCC[C@H]1c1ncc(-c2ccc3cc(-c4ccc(-c5cnc(C6CCCN6C(=O)C(NC(=O)OC)C(C)C)[nH]5)cc4)ccc3c2)[nH]1)c1ccccc1. The van der Waals surface area contributed by atoms with Crippen LogP contribution in [0.25, 0.3) is 44.4 Å². The van der Waals surface area contributed by atoms with E-state index in [1.165, 1.54) is 14.2 Å². The Morgan fingerprint density at radius 2 is 1.15 bits per heavy atom. The number of benzene rings is 4. The highest BCUT2D eigenvalue weighted by Crippen LogP contribution is 2.36. The number of nitrogens with zero attached hydrogens (tertiary/aromatic N) is 4. The number of alkyl carbamates (subject to hydrolysis) is 2. The first kappa shape index (κ1) is 40.8. The Balaban J connectivity index is 0.943. The molecule has 4 atom stereocenters. The minimum absolute atomic E-state index is 0.107. The molecule has 4 aromatic carbocycles. The van der Waals surface area contributed by atoms with Gasteiger partial charge in [0, 0.05) is 18.7 Å². The lowest BCUT2D eigenvalue weighted by Crippen LogP contribution is -2.51. The van der Waals surface area contributed by atoms with E-state index in [1.54, 1.807) is 4.90 Å². The minimum atomic E-state index is -0.881. The fourth-order valence-corrected chi connectivity index (χ4v) is 8.52. The number of carbonyl (C=O) groups excluding carboxylic acids is 4. The van der Waals surface area contributed by atoms with Crippen LogP contribution in [0.4, 0.5) is 9.59 Å². The van der Waals surface area contributed by atoms with Gasteiger partial charge in [-0.15, -0.1) is 0 Å².